The number of rotatable bonds is 3. The Morgan fingerprint density at radius 2 is 1.94 bits per heavy atom. The molecule has 1 aliphatic carbocycles. The molecule has 0 N–H and O–H groups in total. The van der Waals surface area contributed by atoms with Crippen LogP contribution in [0.15, 0.2) is 0 Å². The van der Waals surface area contributed by atoms with E-state index in [1.54, 1.807) is 0 Å². The molecule has 92 valence electrons. The van der Waals surface area contributed by atoms with E-state index in [9.17, 15) is 0 Å². The van der Waals surface area contributed by atoms with Crippen molar-refractivity contribution in [1.29, 1.82) is 0 Å². The molecule has 1 aliphatic heterocycles. The standard InChI is InChI=1S/C13H22ClNS/c14-9-3-8-13(16)15-10-4-6-11-5-1-2-7-12(11)15/h11-12H,1-10H2/t11-,12-/m0/s1. The summed E-state index contributed by atoms with van der Waals surface area (Å²) in [5.41, 5.74) is 0. The third-order valence-electron chi connectivity index (χ3n) is 4.09. The zero-order valence-electron chi connectivity index (χ0n) is 9.96. The summed E-state index contributed by atoms with van der Waals surface area (Å²) in [6.07, 6.45) is 10.4. The highest BCUT2D eigenvalue weighted by atomic mass is 35.5. The zero-order valence-corrected chi connectivity index (χ0v) is 11.5. The van der Waals surface area contributed by atoms with Crippen molar-refractivity contribution >= 4 is 28.8 Å². The summed E-state index contributed by atoms with van der Waals surface area (Å²) in [6.45, 7) is 1.20. The van der Waals surface area contributed by atoms with Crippen LogP contribution in [-0.2, 0) is 0 Å². The van der Waals surface area contributed by atoms with Crippen LogP contribution in [0.5, 0.6) is 0 Å². The van der Waals surface area contributed by atoms with Crippen LogP contribution in [0.3, 0.4) is 0 Å². The Labute approximate surface area is 110 Å². The van der Waals surface area contributed by atoms with Crippen molar-refractivity contribution in [1.82, 2.24) is 4.90 Å². The van der Waals surface area contributed by atoms with Gasteiger partial charge in [-0.25, -0.2) is 0 Å². The van der Waals surface area contributed by atoms with Gasteiger partial charge in [-0.1, -0.05) is 25.1 Å². The molecule has 2 rings (SSSR count). The Balaban J connectivity index is 1.93. The highest BCUT2D eigenvalue weighted by Crippen LogP contribution is 2.35. The second-order valence-electron chi connectivity index (χ2n) is 5.13. The largest absolute Gasteiger partial charge is 0.363 e. The molecule has 1 saturated carbocycles. The molecule has 0 aromatic rings. The van der Waals surface area contributed by atoms with E-state index in [1.165, 1.54) is 50.1 Å². The third kappa shape index (κ3) is 2.89. The van der Waals surface area contributed by atoms with E-state index in [0.29, 0.717) is 0 Å². The predicted octanol–water partition coefficient (Wildman–Crippen LogP) is 3.99. The van der Waals surface area contributed by atoms with Crippen molar-refractivity contribution in [2.24, 2.45) is 5.92 Å². The van der Waals surface area contributed by atoms with Gasteiger partial charge in [-0.2, -0.15) is 0 Å². The number of alkyl halides is 1. The van der Waals surface area contributed by atoms with Gasteiger partial charge >= 0.3 is 0 Å². The van der Waals surface area contributed by atoms with Crippen molar-refractivity contribution < 1.29 is 0 Å². The molecule has 16 heavy (non-hydrogen) atoms. The van der Waals surface area contributed by atoms with Crippen LogP contribution in [0.2, 0.25) is 0 Å². The molecule has 0 aromatic heterocycles. The molecule has 2 atom stereocenters. The van der Waals surface area contributed by atoms with Gasteiger partial charge in [0.05, 0.1) is 4.99 Å². The summed E-state index contributed by atoms with van der Waals surface area (Å²) in [6, 6.07) is 0.769. The number of hydrogen-bond donors (Lipinski definition) is 0. The Morgan fingerprint density at radius 1 is 1.19 bits per heavy atom. The lowest BCUT2D eigenvalue weighted by atomic mass is 9.78. The fraction of sp³-hybridized carbons (Fsp3) is 0.923. The molecule has 3 heteroatoms. The Hall–Kier alpha value is 0.180. The van der Waals surface area contributed by atoms with Crippen LogP contribution in [0.25, 0.3) is 0 Å². The van der Waals surface area contributed by atoms with Crippen molar-refractivity contribution in [2.45, 2.75) is 57.4 Å². The zero-order chi connectivity index (χ0) is 11.4. The number of nitrogens with zero attached hydrogens (tertiary/aromatic N) is 1. The van der Waals surface area contributed by atoms with Gasteiger partial charge in [0, 0.05) is 18.5 Å². The molecule has 1 nitrogen and oxygen atoms in total. The fourth-order valence-corrected chi connectivity index (χ4v) is 3.80. The molecule has 0 amide bonds. The molecule has 1 heterocycles. The van der Waals surface area contributed by atoms with E-state index in [-0.39, 0.29) is 0 Å². The first-order valence-electron chi connectivity index (χ1n) is 6.68. The van der Waals surface area contributed by atoms with Crippen LogP contribution in [0.4, 0.5) is 0 Å². The molecule has 2 aliphatic rings. The highest BCUT2D eigenvalue weighted by Gasteiger charge is 2.33. The first kappa shape index (κ1) is 12.6. The van der Waals surface area contributed by atoms with Crippen LogP contribution in [0.1, 0.15) is 51.4 Å². The third-order valence-corrected chi connectivity index (χ3v) is 4.79. The average molecular weight is 260 g/mol. The van der Waals surface area contributed by atoms with Crippen LogP contribution in [-0.4, -0.2) is 28.4 Å². The van der Waals surface area contributed by atoms with Gasteiger partial charge < -0.3 is 4.90 Å². The minimum absolute atomic E-state index is 0.738. The Morgan fingerprint density at radius 3 is 2.75 bits per heavy atom. The average Bonchev–Trinajstić information content (AvgIpc) is 2.35. The van der Waals surface area contributed by atoms with Crippen molar-refractivity contribution in [3.63, 3.8) is 0 Å². The van der Waals surface area contributed by atoms with Gasteiger partial charge in [0.2, 0.25) is 0 Å². The lowest BCUT2D eigenvalue weighted by Gasteiger charge is -2.45. The maximum absolute atomic E-state index is 5.74. The van der Waals surface area contributed by atoms with Crippen molar-refractivity contribution in [3.05, 3.63) is 0 Å². The van der Waals surface area contributed by atoms with Gasteiger partial charge in [0.25, 0.3) is 0 Å². The Kier molecular flexibility index (Phi) is 4.90. The van der Waals surface area contributed by atoms with E-state index in [4.69, 9.17) is 23.8 Å². The van der Waals surface area contributed by atoms with Crippen molar-refractivity contribution in [3.8, 4) is 0 Å². The topological polar surface area (TPSA) is 3.24 Å². The predicted molar refractivity (Wildman–Crippen MR) is 74.2 cm³/mol. The first-order chi connectivity index (χ1) is 7.83. The first-order valence-corrected chi connectivity index (χ1v) is 7.62. The normalized spacial score (nSPS) is 29.9. The summed E-state index contributed by atoms with van der Waals surface area (Å²) in [5.74, 6) is 1.67. The summed E-state index contributed by atoms with van der Waals surface area (Å²) in [7, 11) is 0. The van der Waals surface area contributed by atoms with Crippen molar-refractivity contribution in [2.75, 3.05) is 12.4 Å². The number of fused-ring (bicyclic) bond motifs is 1. The number of likely N-dealkylation sites (tertiary alicyclic amines) is 1. The van der Waals surface area contributed by atoms with E-state index in [1.807, 2.05) is 0 Å². The highest BCUT2D eigenvalue weighted by molar-refractivity contribution is 7.80. The number of piperidine rings is 1. The van der Waals surface area contributed by atoms with Crippen LogP contribution in [0, 0.1) is 5.92 Å². The van der Waals surface area contributed by atoms with E-state index in [0.717, 1.165) is 30.7 Å². The maximum atomic E-state index is 5.74. The van der Waals surface area contributed by atoms with Gasteiger partial charge in [0.1, 0.15) is 0 Å². The quantitative estimate of drug-likeness (QED) is 0.557. The number of halogens is 1. The van der Waals surface area contributed by atoms with E-state index in [2.05, 4.69) is 4.90 Å². The SMILES string of the molecule is S=C(CCCCl)N1CCC[C@@H]2CCCC[C@@H]21. The van der Waals surface area contributed by atoms with Crippen LogP contribution < -0.4 is 0 Å². The minimum Gasteiger partial charge on any atom is -0.363 e. The molecule has 0 radical (unpaired) electrons. The smallest absolute Gasteiger partial charge is 0.0782 e. The minimum atomic E-state index is 0.738. The summed E-state index contributed by atoms with van der Waals surface area (Å²) in [4.78, 5) is 3.71. The maximum Gasteiger partial charge on any atom is 0.0782 e. The molecule has 0 spiro atoms. The second kappa shape index (κ2) is 6.20. The number of hydrogen-bond acceptors (Lipinski definition) is 1. The molecular formula is C13H22ClNS. The molecule has 1 saturated heterocycles. The molecule has 0 unspecified atom stereocenters. The van der Waals surface area contributed by atoms with E-state index >= 15 is 0 Å². The molecular weight excluding hydrogens is 238 g/mol. The molecule has 2 fully saturated rings. The van der Waals surface area contributed by atoms with Gasteiger partial charge in [-0.05, 0) is 44.4 Å². The second-order valence-corrected chi connectivity index (χ2v) is 5.98. The number of thiocarbonyl (C=S) groups is 1. The summed E-state index contributed by atoms with van der Waals surface area (Å²) < 4.78 is 0. The molecule has 0 aromatic carbocycles. The fourth-order valence-electron chi connectivity index (χ4n) is 3.30. The van der Waals surface area contributed by atoms with Crippen LogP contribution >= 0.6 is 23.8 Å². The Bertz CT molecular complexity index is 242. The lowest BCUT2D eigenvalue weighted by Crippen LogP contribution is -2.49. The van der Waals surface area contributed by atoms with Gasteiger partial charge in [-0.15, -0.1) is 11.6 Å². The summed E-state index contributed by atoms with van der Waals surface area (Å²) >= 11 is 11.3. The summed E-state index contributed by atoms with van der Waals surface area (Å²) in [5, 5.41) is 0. The monoisotopic (exact) mass is 259 g/mol. The lowest BCUT2D eigenvalue weighted by molar-refractivity contribution is 0.119. The van der Waals surface area contributed by atoms with Gasteiger partial charge in [0.15, 0.2) is 0 Å². The van der Waals surface area contributed by atoms with Gasteiger partial charge in [-0.3, -0.25) is 0 Å². The molecule has 0 bridgehead atoms. The van der Waals surface area contributed by atoms with E-state index < -0.39 is 0 Å².